The van der Waals surface area contributed by atoms with Gasteiger partial charge in [0, 0.05) is 12.6 Å². The number of aromatic nitrogens is 1. The first-order valence-corrected chi connectivity index (χ1v) is 9.28. The molecule has 27 heavy (non-hydrogen) atoms. The number of hydrogen-bond acceptors (Lipinski definition) is 7. The third-order valence-corrected chi connectivity index (χ3v) is 4.90. The maximum absolute atomic E-state index is 8.81. The Morgan fingerprint density at radius 3 is 2.74 bits per heavy atom. The van der Waals surface area contributed by atoms with Crippen LogP contribution < -0.4 is 14.9 Å². The summed E-state index contributed by atoms with van der Waals surface area (Å²) in [4.78, 5) is 5.38. The summed E-state index contributed by atoms with van der Waals surface area (Å²) in [6.45, 7) is 1.34. The van der Waals surface area contributed by atoms with Crippen LogP contribution in [0.4, 0.5) is 5.13 Å². The van der Waals surface area contributed by atoms with Gasteiger partial charge in [-0.3, -0.25) is 5.43 Å². The molecule has 0 unspecified atom stereocenters. The molecule has 3 aromatic rings. The summed E-state index contributed by atoms with van der Waals surface area (Å²) in [6.07, 6.45) is 4.38. The van der Waals surface area contributed by atoms with E-state index in [-0.39, 0.29) is 0 Å². The quantitative estimate of drug-likeness (QED) is 0.543. The monoisotopic (exact) mass is 376 g/mol. The van der Waals surface area contributed by atoms with Crippen LogP contribution in [0.3, 0.4) is 0 Å². The molecule has 0 amide bonds. The maximum atomic E-state index is 8.81. The fourth-order valence-electron chi connectivity index (χ4n) is 2.58. The summed E-state index contributed by atoms with van der Waals surface area (Å²) in [6, 6.07) is 15.2. The van der Waals surface area contributed by atoms with Gasteiger partial charge in [0.05, 0.1) is 35.9 Å². The Morgan fingerprint density at radius 1 is 1.11 bits per heavy atom. The molecule has 134 valence electrons. The van der Waals surface area contributed by atoms with Crippen LogP contribution in [0, 0.1) is 11.3 Å². The molecule has 1 aliphatic rings. The van der Waals surface area contributed by atoms with E-state index < -0.39 is 0 Å². The number of thiazole rings is 1. The lowest BCUT2D eigenvalue weighted by Crippen LogP contribution is -1.97. The van der Waals surface area contributed by atoms with Gasteiger partial charge in [-0.2, -0.15) is 10.4 Å². The van der Waals surface area contributed by atoms with Crippen molar-refractivity contribution in [2.24, 2.45) is 5.10 Å². The van der Waals surface area contributed by atoms with Gasteiger partial charge < -0.3 is 9.47 Å². The molecule has 2 heterocycles. The van der Waals surface area contributed by atoms with Crippen molar-refractivity contribution < 1.29 is 9.47 Å². The lowest BCUT2D eigenvalue weighted by Gasteiger charge is -2.08. The average molecular weight is 376 g/mol. The molecule has 0 spiro atoms. The number of fused-ring (bicyclic) bond motifs is 1. The van der Waals surface area contributed by atoms with E-state index in [4.69, 9.17) is 14.7 Å². The highest BCUT2D eigenvalue weighted by molar-refractivity contribution is 7.18. The highest BCUT2D eigenvalue weighted by Gasteiger charge is 2.12. The predicted octanol–water partition coefficient (Wildman–Crippen LogP) is 4.29. The second-order valence-corrected chi connectivity index (χ2v) is 6.88. The molecule has 1 aromatic heterocycles. The van der Waals surface area contributed by atoms with Crippen molar-refractivity contribution in [3.8, 4) is 28.0 Å². The van der Waals surface area contributed by atoms with E-state index in [0.717, 1.165) is 33.9 Å². The number of nitriles is 1. The van der Waals surface area contributed by atoms with E-state index >= 15 is 0 Å². The third-order valence-electron chi connectivity index (χ3n) is 3.95. The number of ether oxygens (including phenoxy) is 2. The van der Waals surface area contributed by atoms with Crippen LogP contribution in [0.1, 0.15) is 17.5 Å². The van der Waals surface area contributed by atoms with Crippen LogP contribution >= 0.6 is 11.3 Å². The first-order valence-electron chi connectivity index (χ1n) is 8.47. The summed E-state index contributed by atoms with van der Waals surface area (Å²) < 4.78 is 11.4. The van der Waals surface area contributed by atoms with Gasteiger partial charge in [0.2, 0.25) is 5.13 Å². The second kappa shape index (κ2) is 7.89. The highest BCUT2D eigenvalue weighted by atomic mass is 32.1. The molecule has 0 atom stereocenters. The van der Waals surface area contributed by atoms with Gasteiger partial charge in [-0.1, -0.05) is 23.5 Å². The molecule has 0 saturated heterocycles. The fraction of sp³-hybridized carbons (Fsp3) is 0.150. The number of anilines is 1. The Balaban J connectivity index is 1.44. The molecule has 1 aliphatic heterocycles. The van der Waals surface area contributed by atoms with E-state index in [1.165, 1.54) is 11.3 Å². The number of nitrogens with one attached hydrogen (secondary N) is 1. The van der Waals surface area contributed by atoms with Gasteiger partial charge in [-0.05, 0) is 41.5 Å². The van der Waals surface area contributed by atoms with Gasteiger partial charge in [-0.25, -0.2) is 4.98 Å². The first kappa shape index (κ1) is 17.1. The van der Waals surface area contributed by atoms with Gasteiger partial charge in [-0.15, -0.1) is 0 Å². The minimum Gasteiger partial charge on any atom is -0.490 e. The largest absolute Gasteiger partial charge is 0.490 e. The van der Waals surface area contributed by atoms with E-state index in [2.05, 4.69) is 21.6 Å². The summed E-state index contributed by atoms with van der Waals surface area (Å²) in [5.41, 5.74) is 5.50. The molecule has 0 fully saturated rings. The van der Waals surface area contributed by atoms with E-state index in [1.54, 1.807) is 18.3 Å². The molecule has 1 N–H and O–H groups in total. The van der Waals surface area contributed by atoms with Crippen molar-refractivity contribution in [1.82, 2.24) is 4.98 Å². The molecule has 0 radical (unpaired) electrons. The van der Waals surface area contributed by atoms with E-state index in [1.807, 2.05) is 36.5 Å². The van der Waals surface area contributed by atoms with Crippen LogP contribution in [-0.4, -0.2) is 24.4 Å². The number of nitrogens with zero attached hydrogens (tertiary/aromatic N) is 3. The Bertz CT molecular complexity index is 1010. The van der Waals surface area contributed by atoms with Crippen LogP contribution in [-0.2, 0) is 0 Å². The lowest BCUT2D eigenvalue weighted by molar-refractivity contribution is 0.297. The SMILES string of the molecule is N#Cc1ccc(/C=N\Nc2ncc(-c3ccc4c(c3)OCCCO4)s2)cc1. The molecule has 7 heteroatoms. The number of hydrogen-bond donors (Lipinski definition) is 1. The van der Waals surface area contributed by atoms with Gasteiger partial charge in [0.15, 0.2) is 11.5 Å². The summed E-state index contributed by atoms with van der Waals surface area (Å²) in [7, 11) is 0. The molecular weight excluding hydrogens is 360 g/mol. The minimum absolute atomic E-state index is 0.625. The maximum Gasteiger partial charge on any atom is 0.203 e. The van der Waals surface area contributed by atoms with Crippen molar-refractivity contribution in [2.75, 3.05) is 18.6 Å². The Kier molecular flexibility index (Phi) is 4.99. The van der Waals surface area contributed by atoms with Crippen LogP contribution in [0.15, 0.2) is 53.8 Å². The van der Waals surface area contributed by atoms with Gasteiger partial charge in [0.1, 0.15) is 0 Å². The highest BCUT2D eigenvalue weighted by Crippen LogP contribution is 2.36. The molecule has 4 rings (SSSR count). The van der Waals surface area contributed by atoms with E-state index in [9.17, 15) is 0 Å². The normalized spacial score (nSPS) is 13.1. The van der Waals surface area contributed by atoms with Crippen LogP contribution in [0.25, 0.3) is 10.4 Å². The smallest absolute Gasteiger partial charge is 0.203 e. The standard InChI is InChI=1S/C20H16N4O2S/c21-11-14-2-4-15(5-3-14)12-23-24-20-22-13-19(27-20)16-6-7-17-18(10-16)26-9-1-8-25-17/h2-7,10,12-13H,1,8-9H2,(H,22,24)/b23-12-. The molecule has 0 aliphatic carbocycles. The number of rotatable bonds is 4. The van der Waals surface area contributed by atoms with Crippen molar-refractivity contribution >= 4 is 22.7 Å². The van der Waals surface area contributed by atoms with Gasteiger partial charge in [0.25, 0.3) is 0 Å². The Hall–Kier alpha value is -3.37. The zero-order chi connectivity index (χ0) is 18.5. The minimum atomic E-state index is 0.625. The summed E-state index contributed by atoms with van der Waals surface area (Å²) in [5.74, 6) is 1.55. The average Bonchev–Trinajstić information content (AvgIpc) is 3.05. The van der Waals surface area contributed by atoms with Crippen LogP contribution in [0.5, 0.6) is 11.5 Å². The van der Waals surface area contributed by atoms with Gasteiger partial charge >= 0.3 is 0 Å². The Morgan fingerprint density at radius 2 is 1.93 bits per heavy atom. The van der Waals surface area contributed by atoms with Crippen molar-refractivity contribution in [3.63, 3.8) is 0 Å². The van der Waals surface area contributed by atoms with E-state index in [0.29, 0.717) is 23.9 Å². The summed E-state index contributed by atoms with van der Waals surface area (Å²) >= 11 is 1.51. The number of hydrazone groups is 1. The molecule has 0 saturated carbocycles. The lowest BCUT2D eigenvalue weighted by atomic mass is 10.2. The summed E-state index contributed by atoms with van der Waals surface area (Å²) in [5, 5.41) is 13.7. The third kappa shape index (κ3) is 4.07. The first-order chi connectivity index (χ1) is 13.3. The zero-order valence-electron chi connectivity index (χ0n) is 14.4. The topological polar surface area (TPSA) is 79.5 Å². The second-order valence-electron chi connectivity index (χ2n) is 5.85. The fourth-order valence-corrected chi connectivity index (χ4v) is 3.34. The number of benzene rings is 2. The van der Waals surface area contributed by atoms with Crippen molar-refractivity contribution in [2.45, 2.75) is 6.42 Å². The molecule has 2 aromatic carbocycles. The molecule has 0 bridgehead atoms. The van der Waals surface area contributed by atoms with Crippen LogP contribution in [0.2, 0.25) is 0 Å². The zero-order valence-corrected chi connectivity index (χ0v) is 15.2. The molecule has 6 nitrogen and oxygen atoms in total. The predicted molar refractivity (Wildman–Crippen MR) is 106 cm³/mol. The Labute approximate surface area is 160 Å². The molecular formula is C20H16N4O2S. The van der Waals surface area contributed by atoms with Crippen molar-refractivity contribution in [1.29, 1.82) is 5.26 Å². The van der Waals surface area contributed by atoms with Crippen molar-refractivity contribution in [3.05, 3.63) is 59.8 Å².